The second kappa shape index (κ2) is 3.63. The number of carboxylic acid groups (broad SMARTS) is 1. The number of fused-ring (bicyclic) bond motifs is 1. The Hall–Kier alpha value is -1.84. The van der Waals surface area contributed by atoms with Crippen LogP contribution >= 0.6 is 0 Å². The SMILES string of the molecule is CC1(C)C=Nc2ccc(CC(=O)O)cc2O1. The predicted molar refractivity (Wildman–Crippen MR) is 60.6 cm³/mol. The second-order valence-electron chi connectivity index (χ2n) is 4.34. The average Bonchev–Trinajstić information content (AvgIpc) is 2.14. The molecule has 0 spiro atoms. The fourth-order valence-electron chi connectivity index (χ4n) is 1.57. The molecular weight excluding hydrogens is 206 g/mol. The lowest BCUT2D eigenvalue weighted by atomic mass is 10.1. The molecule has 0 saturated carbocycles. The quantitative estimate of drug-likeness (QED) is 0.829. The molecule has 0 amide bonds. The smallest absolute Gasteiger partial charge is 0.307 e. The van der Waals surface area contributed by atoms with E-state index in [9.17, 15) is 4.79 Å². The molecule has 1 aromatic carbocycles. The first kappa shape index (κ1) is 10.7. The Bertz CT molecular complexity index is 463. The molecule has 0 aliphatic carbocycles. The van der Waals surface area contributed by atoms with Crippen molar-refractivity contribution < 1.29 is 14.6 Å². The first-order valence-electron chi connectivity index (χ1n) is 5.05. The zero-order valence-corrected chi connectivity index (χ0v) is 9.23. The molecule has 1 aliphatic rings. The van der Waals surface area contributed by atoms with E-state index in [0.29, 0.717) is 5.75 Å². The first-order chi connectivity index (χ1) is 7.46. The molecule has 0 saturated heterocycles. The van der Waals surface area contributed by atoms with E-state index >= 15 is 0 Å². The minimum absolute atomic E-state index is 0.000777. The van der Waals surface area contributed by atoms with Crippen molar-refractivity contribution in [2.24, 2.45) is 4.99 Å². The van der Waals surface area contributed by atoms with Gasteiger partial charge in [0, 0.05) is 6.21 Å². The molecule has 0 radical (unpaired) electrons. The Morgan fingerprint density at radius 2 is 2.25 bits per heavy atom. The third-order valence-corrected chi connectivity index (χ3v) is 2.27. The van der Waals surface area contributed by atoms with Crippen LogP contribution in [0.3, 0.4) is 0 Å². The lowest BCUT2D eigenvalue weighted by Gasteiger charge is -2.26. The number of hydrogen-bond donors (Lipinski definition) is 1. The molecule has 16 heavy (non-hydrogen) atoms. The minimum atomic E-state index is -0.849. The van der Waals surface area contributed by atoms with Crippen LogP contribution in [0.4, 0.5) is 5.69 Å². The number of nitrogens with zero attached hydrogens (tertiary/aromatic N) is 1. The van der Waals surface area contributed by atoms with E-state index in [1.165, 1.54) is 0 Å². The highest BCUT2D eigenvalue weighted by atomic mass is 16.5. The first-order valence-corrected chi connectivity index (χ1v) is 5.05. The molecule has 0 fully saturated rings. The Labute approximate surface area is 93.6 Å². The van der Waals surface area contributed by atoms with Gasteiger partial charge in [-0.2, -0.15) is 0 Å². The molecule has 0 aromatic heterocycles. The van der Waals surface area contributed by atoms with E-state index in [1.54, 1.807) is 24.4 Å². The highest BCUT2D eigenvalue weighted by molar-refractivity contribution is 5.77. The molecule has 0 atom stereocenters. The van der Waals surface area contributed by atoms with Crippen LogP contribution in [0.5, 0.6) is 5.75 Å². The van der Waals surface area contributed by atoms with E-state index in [0.717, 1.165) is 11.3 Å². The summed E-state index contributed by atoms with van der Waals surface area (Å²) < 4.78 is 5.70. The van der Waals surface area contributed by atoms with Gasteiger partial charge in [-0.25, -0.2) is 0 Å². The molecule has 1 N–H and O–H groups in total. The summed E-state index contributed by atoms with van der Waals surface area (Å²) in [7, 11) is 0. The lowest BCUT2D eigenvalue weighted by molar-refractivity contribution is -0.136. The van der Waals surface area contributed by atoms with Gasteiger partial charge in [-0.3, -0.25) is 9.79 Å². The van der Waals surface area contributed by atoms with Gasteiger partial charge in [-0.05, 0) is 31.5 Å². The van der Waals surface area contributed by atoms with Crippen molar-refractivity contribution in [1.82, 2.24) is 0 Å². The summed E-state index contributed by atoms with van der Waals surface area (Å²) >= 11 is 0. The normalized spacial score (nSPS) is 16.4. The number of carbonyl (C=O) groups is 1. The van der Waals surface area contributed by atoms with Gasteiger partial charge in [0.05, 0.1) is 6.42 Å². The summed E-state index contributed by atoms with van der Waals surface area (Å²) in [4.78, 5) is 14.9. The van der Waals surface area contributed by atoms with Crippen LogP contribution in [0.2, 0.25) is 0 Å². The molecular formula is C12H13NO3. The molecule has 4 nitrogen and oxygen atoms in total. The van der Waals surface area contributed by atoms with E-state index in [-0.39, 0.29) is 6.42 Å². The maximum atomic E-state index is 10.6. The molecule has 0 unspecified atom stereocenters. The highest BCUT2D eigenvalue weighted by Crippen LogP contribution is 2.34. The molecule has 84 valence electrons. The number of aliphatic imine (C=N–C) groups is 1. The zero-order chi connectivity index (χ0) is 11.8. The summed E-state index contributed by atoms with van der Waals surface area (Å²) in [6.07, 6.45) is 1.74. The lowest BCUT2D eigenvalue weighted by Crippen LogP contribution is -2.31. The van der Waals surface area contributed by atoms with Crippen molar-refractivity contribution in [1.29, 1.82) is 0 Å². The van der Waals surface area contributed by atoms with Crippen molar-refractivity contribution in [3.05, 3.63) is 23.8 Å². The van der Waals surface area contributed by atoms with Crippen LogP contribution in [-0.4, -0.2) is 22.9 Å². The molecule has 4 heteroatoms. The van der Waals surface area contributed by atoms with Crippen molar-refractivity contribution >= 4 is 17.9 Å². The van der Waals surface area contributed by atoms with Crippen LogP contribution < -0.4 is 4.74 Å². The van der Waals surface area contributed by atoms with Crippen LogP contribution in [0.25, 0.3) is 0 Å². The number of ether oxygens (including phenoxy) is 1. The Kier molecular flexibility index (Phi) is 2.42. The molecule has 1 heterocycles. The van der Waals surface area contributed by atoms with Gasteiger partial charge in [0.1, 0.15) is 17.0 Å². The summed E-state index contributed by atoms with van der Waals surface area (Å²) in [5.41, 5.74) is 1.03. The number of aliphatic carboxylic acids is 1. The standard InChI is InChI=1S/C12H13NO3/c1-12(2)7-13-9-4-3-8(6-11(14)15)5-10(9)16-12/h3-5,7H,6H2,1-2H3,(H,14,15). The monoisotopic (exact) mass is 219 g/mol. The number of rotatable bonds is 2. The van der Waals surface area contributed by atoms with Gasteiger partial charge in [0.25, 0.3) is 0 Å². The fourth-order valence-corrected chi connectivity index (χ4v) is 1.57. The second-order valence-corrected chi connectivity index (χ2v) is 4.34. The van der Waals surface area contributed by atoms with Crippen molar-refractivity contribution in [3.8, 4) is 5.75 Å². The van der Waals surface area contributed by atoms with Crippen LogP contribution in [0, 0.1) is 0 Å². The van der Waals surface area contributed by atoms with E-state index in [2.05, 4.69) is 4.99 Å². The Balaban J connectivity index is 2.33. The van der Waals surface area contributed by atoms with Gasteiger partial charge < -0.3 is 9.84 Å². The Morgan fingerprint density at radius 3 is 2.94 bits per heavy atom. The topological polar surface area (TPSA) is 58.9 Å². The van der Waals surface area contributed by atoms with Crippen molar-refractivity contribution in [3.63, 3.8) is 0 Å². The van der Waals surface area contributed by atoms with Gasteiger partial charge in [0.15, 0.2) is 0 Å². The van der Waals surface area contributed by atoms with Crippen LogP contribution in [-0.2, 0) is 11.2 Å². The number of carboxylic acids is 1. The maximum absolute atomic E-state index is 10.6. The van der Waals surface area contributed by atoms with E-state index in [4.69, 9.17) is 9.84 Å². The zero-order valence-electron chi connectivity index (χ0n) is 9.23. The van der Waals surface area contributed by atoms with Crippen LogP contribution in [0.1, 0.15) is 19.4 Å². The van der Waals surface area contributed by atoms with Gasteiger partial charge >= 0.3 is 5.97 Å². The highest BCUT2D eigenvalue weighted by Gasteiger charge is 2.23. The van der Waals surface area contributed by atoms with Crippen molar-refractivity contribution in [2.45, 2.75) is 25.9 Å². The largest absolute Gasteiger partial charge is 0.481 e. The van der Waals surface area contributed by atoms with Gasteiger partial charge in [0.2, 0.25) is 0 Å². The van der Waals surface area contributed by atoms with Gasteiger partial charge in [-0.1, -0.05) is 6.07 Å². The molecule has 1 aromatic rings. The van der Waals surface area contributed by atoms with E-state index in [1.807, 2.05) is 13.8 Å². The third-order valence-electron chi connectivity index (χ3n) is 2.27. The molecule has 1 aliphatic heterocycles. The summed E-state index contributed by atoms with van der Waals surface area (Å²) in [6.45, 7) is 3.81. The molecule has 2 rings (SSSR count). The number of benzene rings is 1. The Morgan fingerprint density at radius 1 is 1.50 bits per heavy atom. The van der Waals surface area contributed by atoms with Crippen molar-refractivity contribution in [2.75, 3.05) is 0 Å². The summed E-state index contributed by atoms with van der Waals surface area (Å²) in [5, 5.41) is 8.70. The fraction of sp³-hybridized carbons (Fsp3) is 0.333. The molecule has 0 bridgehead atoms. The number of hydrogen-bond acceptors (Lipinski definition) is 3. The third kappa shape index (κ3) is 2.21. The minimum Gasteiger partial charge on any atom is -0.481 e. The summed E-state index contributed by atoms with van der Waals surface area (Å²) in [6, 6.07) is 5.27. The van der Waals surface area contributed by atoms with Crippen LogP contribution in [0.15, 0.2) is 23.2 Å². The van der Waals surface area contributed by atoms with Gasteiger partial charge in [-0.15, -0.1) is 0 Å². The predicted octanol–water partition coefficient (Wildman–Crippen LogP) is 2.19. The van der Waals surface area contributed by atoms with E-state index < -0.39 is 11.6 Å². The average molecular weight is 219 g/mol. The maximum Gasteiger partial charge on any atom is 0.307 e. The summed E-state index contributed by atoms with van der Waals surface area (Å²) in [5.74, 6) is -0.204.